The zero-order chi connectivity index (χ0) is 14.9. The SMILES string of the molecule is Cc1nnc(Nc2ccc(F)cc2Cl)c(C(N)=S)c1C. The van der Waals surface area contributed by atoms with E-state index in [4.69, 9.17) is 29.6 Å². The molecule has 0 fully saturated rings. The molecule has 0 spiro atoms. The predicted molar refractivity (Wildman–Crippen MR) is 82.1 cm³/mol. The summed E-state index contributed by atoms with van der Waals surface area (Å²) < 4.78 is 13.0. The maximum Gasteiger partial charge on any atom is 0.163 e. The second-order valence-electron chi connectivity index (χ2n) is 4.25. The highest BCUT2D eigenvalue weighted by molar-refractivity contribution is 7.80. The highest BCUT2D eigenvalue weighted by atomic mass is 35.5. The van der Waals surface area contributed by atoms with E-state index in [0.717, 1.165) is 11.3 Å². The molecule has 7 heteroatoms. The lowest BCUT2D eigenvalue weighted by Crippen LogP contribution is -2.17. The minimum atomic E-state index is -0.415. The van der Waals surface area contributed by atoms with Gasteiger partial charge in [-0.15, -0.1) is 5.10 Å². The largest absolute Gasteiger partial charge is 0.389 e. The number of halogens is 2. The maximum atomic E-state index is 13.0. The summed E-state index contributed by atoms with van der Waals surface area (Å²) in [6.45, 7) is 3.68. The Labute approximate surface area is 126 Å². The molecule has 2 rings (SSSR count). The van der Waals surface area contributed by atoms with Gasteiger partial charge in [0.25, 0.3) is 0 Å². The van der Waals surface area contributed by atoms with Crippen LogP contribution in [0.25, 0.3) is 0 Å². The fourth-order valence-corrected chi connectivity index (χ4v) is 2.18. The summed E-state index contributed by atoms with van der Waals surface area (Å²) in [5.41, 5.74) is 8.42. The minimum Gasteiger partial charge on any atom is -0.389 e. The molecule has 0 bridgehead atoms. The van der Waals surface area contributed by atoms with Crippen LogP contribution in [0.3, 0.4) is 0 Å². The summed E-state index contributed by atoms with van der Waals surface area (Å²) in [4.78, 5) is 0.209. The molecule has 4 nitrogen and oxygen atoms in total. The summed E-state index contributed by atoms with van der Waals surface area (Å²) in [6, 6.07) is 4.01. The lowest BCUT2D eigenvalue weighted by atomic mass is 10.1. The van der Waals surface area contributed by atoms with E-state index in [1.165, 1.54) is 18.2 Å². The molecule has 2 aromatic rings. The quantitative estimate of drug-likeness (QED) is 0.852. The average molecular weight is 311 g/mol. The molecule has 0 atom stereocenters. The molecule has 1 heterocycles. The van der Waals surface area contributed by atoms with Crippen molar-refractivity contribution in [2.45, 2.75) is 13.8 Å². The van der Waals surface area contributed by atoms with Crippen LogP contribution in [0.2, 0.25) is 5.02 Å². The third-order valence-corrected chi connectivity index (χ3v) is 3.40. The molecule has 0 unspecified atom stereocenters. The van der Waals surface area contributed by atoms with Crippen LogP contribution in [0.4, 0.5) is 15.9 Å². The third kappa shape index (κ3) is 2.86. The van der Waals surface area contributed by atoms with Gasteiger partial charge in [-0.25, -0.2) is 4.39 Å². The number of thiocarbonyl (C=S) groups is 1. The van der Waals surface area contributed by atoms with Crippen LogP contribution >= 0.6 is 23.8 Å². The molecule has 1 aromatic heterocycles. The molecule has 0 aliphatic rings. The molecule has 0 saturated heterocycles. The van der Waals surface area contributed by atoms with Crippen molar-refractivity contribution in [1.29, 1.82) is 0 Å². The molecule has 1 aromatic carbocycles. The minimum absolute atomic E-state index is 0.209. The molecule has 0 radical (unpaired) electrons. The van der Waals surface area contributed by atoms with Gasteiger partial charge in [0.15, 0.2) is 5.82 Å². The number of rotatable bonds is 3. The van der Waals surface area contributed by atoms with E-state index in [1.54, 1.807) is 0 Å². The first-order valence-corrected chi connectivity index (χ1v) is 6.54. The first-order valence-electron chi connectivity index (χ1n) is 5.76. The third-order valence-electron chi connectivity index (χ3n) is 2.89. The predicted octanol–water partition coefficient (Wildman–Crippen LogP) is 3.26. The number of benzene rings is 1. The molecule has 20 heavy (non-hydrogen) atoms. The van der Waals surface area contributed by atoms with Crippen molar-refractivity contribution >= 4 is 40.3 Å². The van der Waals surface area contributed by atoms with Crippen molar-refractivity contribution in [2.75, 3.05) is 5.32 Å². The molecular formula is C13H12ClFN4S. The van der Waals surface area contributed by atoms with Gasteiger partial charge in [-0.3, -0.25) is 0 Å². The Morgan fingerprint density at radius 1 is 1.35 bits per heavy atom. The monoisotopic (exact) mass is 310 g/mol. The smallest absolute Gasteiger partial charge is 0.163 e. The highest BCUT2D eigenvalue weighted by Crippen LogP contribution is 2.28. The summed E-state index contributed by atoms with van der Waals surface area (Å²) in [5.74, 6) is -0.0181. The first-order chi connectivity index (χ1) is 9.40. The Hall–Kier alpha value is -1.79. The number of hydrogen-bond donors (Lipinski definition) is 2. The van der Waals surface area contributed by atoms with Crippen LogP contribution in [0, 0.1) is 19.7 Å². The average Bonchev–Trinajstić information content (AvgIpc) is 2.36. The highest BCUT2D eigenvalue weighted by Gasteiger charge is 2.14. The zero-order valence-corrected chi connectivity index (χ0v) is 12.4. The fourth-order valence-electron chi connectivity index (χ4n) is 1.72. The Morgan fingerprint density at radius 3 is 2.65 bits per heavy atom. The van der Waals surface area contributed by atoms with E-state index in [1.807, 2.05) is 13.8 Å². The van der Waals surface area contributed by atoms with Gasteiger partial charge in [0.2, 0.25) is 0 Å². The van der Waals surface area contributed by atoms with E-state index in [-0.39, 0.29) is 10.0 Å². The van der Waals surface area contributed by atoms with Gasteiger partial charge in [0, 0.05) is 0 Å². The molecule has 0 aliphatic carbocycles. The van der Waals surface area contributed by atoms with Crippen molar-refractivity contribution in [3.05, 3.63) is 45.9 Å². The summed E-state index contributed by atoms with van der Waals surface area (Å²) >= 11 is 11.0. The van der Waals surface area contributed by atoms with Gasteiger partial charge in [-0.1, -0.05) is 23.8 Å². The van der Waals surface area contributed by atoms with Gasteiger partial charge < -0.3 is 11.1 Å². The van der Waals surface area contributed by atoms with Gasteiger partial charge >= 0.3 is 0 Å². The van der Waals surface area contributed by atoms with Gasteiger partial charge in [0.05, 0.1) is 22.0 Å². The van der Waals surface area contributed by atoms with Crippen molar-refractivity contribution in [1.82, 2.24) is 10.2 Å². The van der Waals surface area contributed by atoms with Gasteiger partial charge in [-0.2, -0.15) is 5.10 Å². The number of hydrogen-bond acceptors (Lipinski definition) is 4. The Bertz CT molecular complexity index is 690. The number of nitrogens with zero attached hydrogens (tertiary/aromatic N) is 2. The van der Waals surface area contributed by atoms with Crippen LogP contribution in [0.15, 0.2) is 18.2 Å². The second kappa shape index (κ2) is 5.68. The van der Waals surface area contributed by atoms with Crippen LogP contribution < -0.4 is 11.1 Å². The number of aromatic nitrogens is 2. The Morgan fingerprint density at radius 2 is 2.05 bits per heavy atom. The van der Waals surface area contributed by atoms with E-state index in [2.05, 4.69) is 15.5 Å². The molecule has 0 saturated carbocycles. The number of aryl methyl sites for hydroxylation is 1. The zero-order valence-electron chi connectivity index (χ0n) is 10.9. The number of nitrogens with one attached hydrogen (secondary N) is 1. The lowest BCUT2D eigenvalue weighted by molar-refractivity contribution is 0.628. The normalized spacial score (nSPS) is 10.4. The van der Waals surface area contributed by atoms with Crippen LogP contribution in [0.5, 0.6) is 0 Å². The first kappa shape index (κ1) is 14.6. The maximum absolute atomic E-state index is 13.0. The Balaban J connectivity index is 2.48. The fraction of sp³-hybridized carbons (Fsp3) is 0.154. The lowest BCUT2D eigenvalue weighted by Gasteiger charge is -2.14. The van der Waals surface area contributed by atoms with Crippen LogP contribution in [0.1, 0.15) is 16.8 Å². The van der Waals surface area contributed by atoms with Gasteiger partial charge in [0.1, 0.15) is 10.8 Å². The molecule has 0 aliphatic heterocycles. The van der Waals surface area contributed by atoms with Crippen molar-refractivity contribution < 1.29 is 4.39 Å². The van der Waals surface area contributed by atoms with E-state index >= 15 is 0 Å². The van der Waals surface area contributed by atoms with E-state index in [9.17, 15) is 4.39 Å². The van der Waals surface area contributed by atoms with Gasteiger partial charge in [-0.05, 0) is 37.6 Å². The van der Waals surface area contributed by atoms with E-state index in [0.29, 0.717) is 17.1 Å². The molecule has 104 valence electrons. The standard InChI is InChI=1S/C13H12ClFN4S/c1-6-7(2)18-19-13(11(6)12(16)20)17-10-4-3-8(15)5-9(10)14/h3-5H,1-2H3,(H2,16,20)(H,17,19). The summed E-state index contributed by atoms with van der Waals surface area (Å²) in [7, 11) is 0. The topological polar surface area (TPSA) is 63.8 Å². The Kier molecular flexibility index (Phi) is 4.15. The summed E-state index contributed by atoms with van der Waals surface area (Å²) in [5, 5.41) is 11.3. The van der Waals surface area contributed by atoms with Crippen LogP contribution in [-0.2, 0) is 0 Å². The second-order valence-corrected chi connectivity index (χ2v) is 5.09. The van der Waals surface area contributed by atoms with Crippen molar-refractivity contribution in [2.24, 2.45) is 5.73 Å². The van der Waals surface area contributed by atoms with Crippen LogP contribution in [-0.4, -0.2) is 15.2 Å². The number of nitrogens with two attached hydrogens (primary N) is 1. The molecule has 3 N–H and O–H groups in total. The van der Waals surface area contributed by atoms with E-state index < -0.39 is 5.82 Å². The number of anilines is 2. The van der Waals surface area contributed by atoms with Crippen molar-refractivity contribution in [3.63, 3.8) is 0 Å². The molecular weight excluding hydrogens is 299 g/mol. The molecule has 0 amide bonds. The summed E-state index contributed by atoms with van der Waals surface area (Å²) in [6.07, 6.45) is 0. The van der Waals surface area contributed by atoms with Crippen molar-refractivity contribution in [3.8, 4) is 0 Å².